The van der Waals surface area contributed by atoms with Gasteiger partial charge in [-0.15, -0.1) is 0 Å². The molecule has 0 saturated carbocycles. The first-order valence-electron chi connectivity index (χ1n) is 15.9. The molecule has 0 saturated heterocycles. The number of nitrogens with zero attached hydrogens (tertiary/aromatic N) is 5. The molecular formula is C37H40N8O3. The molecule has 0 radical (unpaired) electrons. The van der Waals surface area contributed by atoms with Crippen LogP contribution in [0, 0.1) is 17.3 Å². The highest BCUT2D eigenvalue weighted by molar-refractivity contribution is 6.06. The number of aromatic nitrogens is 3. The fourth-order valence-electron chi connectivity index (χ4n) is 5.40. The lowest BCUT2D eigenvalue weighted by Gasteiger charge is -2.16. The summed E-state index contributed by atoms with van der Waals surface area (Å²) in [4.78, 5) is 47.8. The van der Waals surface area contributed by atoms with Crippen LogP contribution in [0.15, 0.2) is 83.4 Å². The van der Waals surface area contributed by atoms with Gasteiger partial charge in [0, 0.05) is 37.1 Å². The molecule has 0 atom stereocenters. The van der Waals surface area contributed by atoms with Crippen LogP contribution in [0.4, 0.5) is 17.3 Å². The molecule has 0 fully saturated rings. The molecule has 3 N–H and O–H groups in total. The van der Waals surface area contributed by atoms with Gasteiger partial charge in [0.05, 0.1) is 23.6 Å². The quantitative estimate of drug-likeness (QED) is 0.214. The maximum Gasteiger partial charge on any atom is 0.339 e. The second-order valence-corrected chi connectivity index (χ2v) is 11.8. The summed E-state index contributed by atoms with van der Waals surface area (Å²) in [6.07, 6.45) is 6.51. The number of benzene rings is 2. The summed E-state index contributed by atoms with van der Waals surface area (Å²) in [5, 5.41) is 15.2. The molecule has 246 valence electrons. The molecule has 2 aromatic heterocycles. The number of amides is 2. The van der Waals surface area contributed by atoms with E-state index in [1.54, 1.807) is 61.8 Å². The van der Waals surface area contributed by atoms with Gasteiger partial charge in [0.15, 0.2) is 0 Å². The molecule has 11 nitrogen and oxygen atoms in total. The average Bonchev–Trinajstić information content (AvgIpc) is 3.27. The topological polar surface area (TPSA) is 128 Å². The lowest BCUT2D eigenvalue weighted by atomic mass is 10.1. The van der Waals surface area contributed by atoms with Crippen molar-refractivity contribution in [2.45, 2.75) is 39.5 Å². The summed E-state index contributed by atoms with van der Waals surface area (Å²) >= 11 is 0. The predicted octanol–water partition coefficient (Wildman–Crippen LogP) is 5.23. The average molecular weight is 645 g/mol. The molecule has 0 aliphatic carbocycles. The summed E-state index contributed by atoms with van der Waals surface area (Å²) in [5.74, 6) is 5.74. The van der Waals surface area contributed by atoms with E-state index in [0.29, 0.717) is 52.9 Å². The highest BCUT2D eigenvalue weighted by Crippen LogP contribution is 2.30. The number of aryl methyl sites for hydroxylation is 1. The molecule has 48 heavy (non-hydrogen) atoms. The second kappa shape index (κ2) is 14.8. The summed E-state index contributed by atoms with van der Waals surface area (Å²) in [7, 11) is 5.39. The summed E-state index contributed by atoms with van der Waals surface area (Å²) in [6.45, 7) is 4.57. The van der Waals surface area contributed by atoms with Crippen molar-refractivity contribution < 1.29 is 9.59 Å². The van der Waals surface area contributed by atoms with E-state index < -0.39 is 5.69 Å². The Balaban J connectivity index is 1.52. The summed E-state index contributed by atoms with van der Waals surface area (Å²) in [5.41, 5.74) is 4.36. The highest BCUT2D eigenvalue weighted by atomic mass is 16.2. The van der Waals surface area contributed by atoms with Crippen molar-refractivity contribution in [3.63, 3.8) is 0 Å². The van der Waals surface area contributed by atoms with Crippen molar-refractivity contribution in [3.05, 3.63) is 106 Å². The van der Waals surface area contributed by atoms with Crippen LogP contribution in [0.25, 0.3) is 11.4 Å². The van der Waals surface area contributed by atoms with E-state index in [-0.39, 0.29) is 17.5 Å². The molecule has 1 aliphatic heterocycles. The van der Waals surface area contributed by atoms with Gasteiger partial charge in [-0.3, -0.25) is 19.1 Å². The monoisotopic (exact) mass is 644 g/mol. The van der Waals surface area contributed by atoms with Crippen LogP contribution in [-0.4, -0.2) is 64.2 Å². The van der Waals surface area contributed by atoms with E-state index in [1.165, 1.54) is 14.0 Å². The number of fused-ring (bicyclic) bond motifs is 1. The molecule has 3 heterocycles. The first-order chi connectivity index (χ1) is 23.1. The first-order valence-corrected chi connectivity index (χ1v) is 15.9. The van der Waals surface area contributed by atoms with E-state index in [1.807, 2.05) is 44.3 Å². The van der Waals surface area contributed by atoms with Gasteiger partial charge in [0.25, 0.3) is 5.91 Å². The Hall–Kier alpha value is -5.73. The van der Waals surface area contributed by atoms with Gasteiger partial charge in [0.1, 0.15) is 17.3 Å². The summed E-state index contributed by atoms with van der Waals surface area (Å²) in [6, 6.07) is 17.6. The number of imidazole rings is 1. The Morgan fingerprint density at radius 1 is 1.02 bits per heavy atom. The van der Waals surface area contributed by atoms with Gasteiger partial charge >= 0.3 is 11.6 Å². The smallest absolute Gasteiger partial charge is 0.339 e. The molecule has 4 aromatic rings. The Labute approximate surface area is 280 Å². The Morgan fingerprint density at radius 2 is 1.79 bits per heavy atom. The number of pyridine rings is 1. The maximum absolute atomic E-state index is 14.3. The zero-order chi connectivity index (χ0) is 34.4. The van der Waals surface area contributed by atoms with Crippen molar-refractivity contribution in [1.82, 2.24) is 19.0 Å². The number of hydrogen-bond donors (Lipinski definition) is 3. The van der Waals surface area contributed by atoms with Crippen LogP contribution in [0.3, 0.4) is 0 Å². The Bertz CT molecular complexity index is 2010. The fraction of sp³-hybridized carbons (Fsp3) is 0.270. The minimum Gasteiger partial charge on any atom is -0.346 e. The number of anilines is 3. The minimum atomic E-state index is -0.406. The van der Waals surface area contributed by atoms with E-state index in [0.717, 1.165) is 30.4 Å². The molecular weight excluding hydrogens is 604 g/mol. The van der Waals surface area contributed by atoms with Crippen LogP contribution < -0.4 is 21.2 Å². The largest absolute Gasteiger partial charge is 0.346 e. The van der Waals surface area contributed by atoms with Gasteiger partial charge in [-0.1, -0.05) is 32.3 Å². The van der Waals surface area contributed by atoms with Crippen LogP contribution in [0.2, 0.25) is 0 Å². The van der Waals surface area contributed by atoms with Gasteiger partial charge in [-0.25, -0.2) is 14.3 Å². The van der Waals surface area contributed by atoms with E-state index >= 15 is 0 Å². The van der Waals surface area contributed by atoms with Crippen LogP contribution >= 0.6 is 0 Å². The number of allylic oxidation sites excluding steroid dienone is 1. The maximum atomic E-state index is 14.3. The summed E-state index contributed by atoms with van der Waals surface area (Å²) < 4.78 is 3.00. The van der Waals surface area contributed by atoms with E-state index in [4.69, 9.17) is 5.41 Å². The molecule has 0 unspecified atom stereocenters. The van der Waals surface area contributed by atoms with Crippen molar-refractivity contribution in [2.75, 3.05) is 43.2 Å². The number of carbonyl (C=O) groups is 2. The zero-order valence-electron chi connectivity index (χ0n) is 27.9. The van der Waals surface area contributed by atoms with Crippen LogP contribution in [0.5, 0.6) is 0 Å². The zero-order valence-corrected chi connectivity index (χ0v) is 27.9. The molecule has 0 spiro atoms. The number of nitrogens with one attached hydrogen (secondary N) is 3. The highest BCUT2D eigenvalue weighted by Gasteiger charge is 2.27. The van der Waals surface area contributed by atoms with Crippen LogP contribution in [-0.2, 0) is 11.2 Å². The van der Waals surface area contributed by atoms with Gasteiger partial charge in [-0.2, -0.15) is 0 Å². The molecule has 11 heteroatoms. The van der Waals surface area contributed by atoms with Gasteiger partial charge < -0.3 is 20.9 Å². The van der Waals surface area contributed by atoms with Crippen LogP contribution in [0.1, 0.15) is 54.7 Å². The third-order valence-corrected chi connectivity index (χ3v) is 7.97. The van der Waals surface area contributed by atoms with E-state index in [9.17, 15) is 14.4 Å². The third-order valence-electron chi connectivity index (χ3n) is 7.97. The lowest BCUT2D eigenvalue weighted by Crippen LogP contribution is -2.26. The number of hydrogen-bond acceptors (Lipinski definition) is 7. The standard InChI is InChI=1S/C37H40N8O3/c1-6-10-26-18-19-39-32(22-26)41-36(47)27-14-16-28(17-15-27)44-34-31(38)21-25(7-2)24-40-35(34)45(37(44)48)30-12-8-11-29(23-30)43(5)33(46)13-9-20-42(3)4/h8,11-12,14-19,22-24,38,40H,6-7,10,20-21H2,1-5H3,(H,39,41,47). The van der Waals surface area contributed by atoms with E-state index in [2.05, 4.69) is 34.4 Å². The molecule has 2 amide bonds. The van der Waals surface area contributed by atoms with Gasteiger partial charge in [-0.05, 0) is 98.6 Å². The van der Waals surface area contributed by atoms with Crippen molar-refractivity contribution in [2.24, 2.45) is 0 Å². The second-order valence-electron chi connectivity index (χ2n) is 11.8. The third kappa shape index (κ3) is 7.29. The Morgan fingerprint density at radius 3 is 2.50 bits per heavy atom. The molecule has 0 bridgehead atoms. The van der Waals surface area contributed by atoms with Gasteiger partial charge in [0.2, 0.25) is 0 Å². The Kier molecular flexibility index (Phi) is 10.4. The minimum absolute atomic E-state index is 0.276. The first kappa shape index (κ1) is 33.6. The predicted molar refractivity (Wildman–Crippen MR) is 191 cm³/mol. The fourth-order valence-corrected chi connectivity index (χ4v) is 5.40. The molecule has 1 aliphatic rings. The van der Waals surface area contributed by atoms with Crippen molar-refractivity contribution in [3.8, 4) is 23.2 Å². The molecule has 5 rings (SSSR count). The number of carbonyl (C=O) groups excluding carboxylic acids is 2. The SMILES string of the molecule is CCCc1ccnc(NC(=O)c2ccc(-n3c4c(n(-c5cccc(N(C)C(=O)C#CCN(C)C)c5)c3=O)NC=C(CC)CC4=N)cc2)c1. The normalized spacial score (nSPS) is 12.3. The van der Waals surface area contributed by atoms with Crippen molar-refractivity contribution in [1.29, 1.82) is 5.41 Å². The number of rotatable bonds is 9. The van der Waals surface area contributed by atoms with Crippen molar-refractivity contribution >= 4 is 34.8 Å². The molecule has 2 aromatic carbocycles. The lowest BCUT2D eigenvalue weighted by molar-refractivity contribution is -0.113.